The van der Waals surface area contributed by atoms with Gasteiger partial charge in [-0.15, -0.1) is 0 Å². The summed E-state index contributed by atoms with van der Waals surface area (Å²) in [4.78, 5) is 14.7. The van der Waals surface area contributed by atoms with Crippen LogP contribution in [0.5, 0.6) is 11.5 Å². The van der Waals surface area contributed by atoms with Crippen molar-refractivity contribution in [2.75, 3.05) is 25.6 Å². The van der Waals surface area contributed by atoms with E-state index < -0.39 is 0 Å². The van der Waals surface area contributed by atoms with E-state index in [1.54, 1.807) is 49.6 Å². The van der Waals surface area contributed by atoms with E-state index in [2.05, 4.69) is 37.9 Å². The number of nitrogens with zero attached hydrogens (tertiary/aromatic N) is 1. The van der Waals surface area contributed by atoms with E-state index in [1.807, 2.05) is 0 Å². The van der Waals surface area contributed by atoms with Crippen molar-refractivity contribution in [3.05, 3.63) is 58.1 Å². The van der Waals surface area contributed by atoms with Gasteiger partial charge in [0.1, 0.15) is 6.61 Å². The number of carbonyl (C=O) groups is 1. The number of amides is 1. The van der Waals surface area contributed by atoms with Crippen molar-refractivity contribution < 1.29 is 14.3 Å². The molecule has 1 N–H and O–H groups in total. The molecule has 7 heteroatoms. The molecule has 168 valence electrons. The van der Waals surface area contributed by atoms with Gasteiger partial charge in [0, 0.05) is 46.5 Å². The second-order valence-corrected chi connectivity index (χ2v) is 8.47. The average molecular weight is 465 g/mol. The molecule has 0 unspecified atom stereocenters. The van der Waals surface area contributed by atoms with E-state index in [4.69, 9.17) is 32.7 Å². The molecule has 31 heavy (non-hydrogen) atoms. The minimum atomic E-state index is -0.284. The SMILES string of the molecule is COc1ccc(NC(=O)C=Cc2ccc(Cl)cc2Cl)cc1OCCN(C(C)C)C(C)C. The van der Waals surface area contributed by atoms with Crippen molar-refractivity contribution in [1.82, 2.24) is 4.90 Å². The summed E-state index contributed by atoms with van der Waals surface area (Å²) in [6, 6.07) is 11.3. The van der Waals surface area contributed by atoms with Gasteiger partial charge in [0.2, 0.25) is 5.91 Å². The quantitative estimate of drug-likeness (QED) is 0.428. The molecular weight excluding hydrogens is 435 g/mol. The fourth-order valence-electron chi connectivity index (χ4n) is 3.23. The van der Waals surface area contributed by atoms with Crippen LogP contribution in [0.1, 0.15) is 33.3 Å². The lowest BCUT2D eigenvalue weighted by molar-refractivity contribution is -0.111. The second-order valence-electron chi connectivity index (χ2n) is 7.63. The van der Waals surface area contributed by atoms with E-state index in [0.717, 1.165) is 6.54 Å². The number of nitrogens with one attached hydrogen (secondary N) is 1. The van der Waals surface area contributed by atoms with Crippen LogP contribution in [0.3, 0.4) is 0 Å². The molecule has 0 heterocycles. The second kappa shape index (κ2) is 12.0. The predicted octanol–water partition coefficient (Wildman–Crippen LogP) is 6.15. The van der Waals surface area contributed by atoms with Gasteiger partial charge in [-0.1, -0.05) is 29.3 Å². The van der Waals surface area contributed by atoms with Gasteiger partial charge in [-0.2, -0.15) is 0 Å². The number of halogens is 2. The van der Waals surface area contributed by atoms with E-state index in [1.165, 1.54) is 6.08 Å². The molecule has 0 aliphatic carbocycles. The number of hydrogen-bond donors (Lipinski definition) is 1. The first kappa shape index (κ1) is 25.1. The molecule has 5 nitrogen and oxygen atoms in total. The molecule has 0 spiro atoms. The van der Waals surface area contributed by atoms with Gasteiger partial charge in [0.25, 0.3) is 0 Å². The first-order valence-electron chi connectivity index (χ1n) is 10.2. The Labute approximate surface area is 194 Å². The van der Waals surface area contributed by atoms with Gasteiger partial charge in [-0.25, -0.2) is 0 Å². The number of ether oxygens (including phenoxy) is 2. The first-order chi connectivity index (χ1) is 14.7. The Morgan fingerprint density at radius 1 is 1.06 bits per heavy atom. The molecule has 0 atom stereocenters. The van der Waals surface area contributed by atoms with Crippen LogP contribution in [0.25, 0.3) is 6.08 Å². The van der Waals surface area contributed by atoms with Gasteiger partial charge < -0.3 is 14.8 Å². The Hall–Kier alpha value is -2.21. The maximum absolute atomic E-state index is 12.3. The van der Waals surface area contributed by atoms with Gasteiger partial charge in [0.05, 0.1) is 7.11 Å². The largest absolute Gasteiger partial charge is 0.493 e. The predicted molar refractivity (Wildman–Crippen MR) is 130 cm³/mol. The topological polar surface area (TPSA) is 50.8 Å². The maximum Gasteiger partial charge on any atom is 0.248 e. The molecule has 0 saturated heterocycles. The van der Waals surface area contributed by atoms with Crippen LogP contribution < -0.4 is 14.8 Å². The standard InChI is InChI=1S/C24H30Cl2N2O3/c1-16(2)28(17(3)4)12-13-31-23-15-20(9-10-22(23)30-5)27-24(29)11-7-18-6-8-19(25)14-21(18)26/h6-11,14-17H,12-13H2,1-5H3,(H,27,29). The molecule has 0 radical (unpaired) electrons. The van der Waals surface area contributed by atoms with Crippen LogP contribution in [0.4, 0.5) is 5.69 Å². The monoisotopic (exact) mass is 464 g/mol. The van der Waals surface area contributed by atoms with Crippen LogP contribution in [0, 0.1) is 0 Å². The molecule has 2 rings (SSSR count). The van der Waals surface area contributed by atoms with E-state index in [-0.39, 0.29) is 5.91 Å². The Kier molecular flexibility index (Phi) is 9.69. The Balaban J connectivity index is 2.03. The van der Waals surface area contributed by atoms with Crippen LogP contribution >= 0.6 is 23.2 Å². The zero-order valence-electron chi connectivity index (χ0n) is 18.6. The number of carbonyl (C=O) groups excluding carboxylic acids is 1. The highest BCUT2D eigenvalue weighted by Crippen LogP contribution is 2.30. The Morgan fingerprint density at radius 3 is 2.39 bits per heavy atom. The van der Waals surface area contributed by atoms with Gasteiger partial charge >= 0.3 is 0 Å². The maximum atomic E-state index is 12.3. The fourth-order valence-corrected chi connectivity index (χ4v) is 3.70. The van der Waals surface area contributed by atoms with Crippen molar-refractivity contribution in [3.63, 3.8) is 0 Å². The number of rotatable bonds is 10. The summed E-state index contributed by atoms with van der Waals surface area (Å²) in [5, 5.41) is 3.85. The Bertz CT molecular complexity index is 906. The van der Waals surface area contributed by atoms with Crippen molar-refractivity contribution in [2.45, 2.75) is 39.8 Å². The number of anilines is 1. The van der Waals surface area contributed by atoms with Crippen molar-refractivity contribution in [3.8, 4) is 11.5 Å². The van der Waals surface area contributed by atoms with Gasteiger partial charge in [-0.3, -0.25) is 9.69 Å². The van der Waals surface area contributed by atoms with Crippen molar-refractivity contribution >= 4 is 40.9 Å². The molecule has 0 aliphatic rings. The molecule has 0 saturated carbocycles. The normalized spacial score (nSPS) is 11.5. The fraction of sp³-hybridized carbons (Fsp3) is 0.375. The smallest absolute Gasteiger partial charge is 0.248 e. The summed E-state index contributed by atoms with van der Waals surface area (Å²) in [6.07, 6.45) is 3.06. The van der Waals surface area contributed by atoms with Crippen LogP contribution in [0.15, 0.2) is 42.5 Å². The average Bonchev–Trinajstić information content (AvgIpc) is 2.70. The molecular formula is C24H30Cl2N2O3. The highest BCUT2D eigenvalue weighted by molar-refractivity contribution is 6.35. The van der Waals surface area contributed by atoms with Gasteiger partial charge in [0.15, 0.2) is 11.5 Å². The third kappa shape index (κ3) is 7.76. The zero-order valence-corrected chi connectivity index (χ0v) is 20.1. The molecule has 2 aromatic rings. The van der Waals surface area contributed by atoms with Crippen LogP contribution in [-0.2, 0) is 4.79 Å². The zero-order chi connectivity index (χ0) is 23.0. The first-order valence-corrected chi connectivity index (χ1v) is 11.0. The van der Waals surface area contributed by atoms with Crippen molar-refractivity contribution in [2.24, 2.45) is 0 Å². The molecule has 0 aliphatic heterocycles. The van der Waals surface area contributed by atoms with E-state index >= 15 is 0 Å². The number of benzene rings is 2. The molecule has 0 aromatic heterocycles. The van der Waals surface area contributed by atoms with Crippen molar-refractivity contribution in [1.29, 1.82) is 0 Å². The van der Waals surface area contributed by atoms with E-state index in [0.29, 0.717) is 51.5 Å². The van der Waals surface area contributed by atoms with Gasteiger partial charge in [-0.05, 0) is 63.6 Å². The molecule has 0 bridgehead atoms. The summed E-state index contributed by atoms with van der Waals surface area (Å²) < 4.78 is 11.4. The summed E-state index contributed by atoms with van der Waals surface area (Å²) in [5.41, 5.74) is 1.32. The third-order valence-electron chi connectivity index (χ3n) is 4.74. The summed E-state index contributed by atoms with van der Waals surface area (Å²) in [6.45, 7) is 9.98. The molecule has 1 amide bonds. The highest BCUT2D eigenvalue weighted by Gasteiger charge is 2.14. The minimum Gasteiger partial charge on any atom is -0.493 e. The highest BCUT2D eigenvalue weighted by atomic mass is 35.5. The number of methoxy groups -OCH3 is 1. The summed E-state index contributed by atoms with van der Waals surface area (Å²) in [7, 11) is 1.59. The lowest BCUT2D eigenvalue weighted by Gasteiger charge is -2.30. The molecule has 0 fully saturated rings. The third-order valence-corrected chi connectivity index (χ3v) is 5.30. The summed E-state index contributed by atoms with van der Waals surface area (Å²) >= 11 is 12.0. The van der Waals surface area contributed by atoms with Crippen LogP contribution in [-0.4, -0.2) is 43.2 Å². The van der Waals surface area contributed by atoms with Crippen LogP contribution in [0.2, 0.25) is 10.0 Å². The summed E-state index contributed by atoms with van der Waals surface area (Å²) in [5.74, 6) is 0.910. The van der Waals surface area contributed by atoms with E-state index in [9.17, 15) is 4.79 Å². The lowest BCUT2D eigenvalue weighted by atomic mass is 10.2. The molecule has 2 aromatic carbocycles. The number of hydrogen-bond acceptors (Lipinski definition) is 4. The Morgan fingerprint density at radius 2 is 1.77 bits per heavy atom. The minimum absolute atomic E-state index is 0.284. The lowest BCUT2D eigenvalue weighted by Crippen LogP contribution is -2.39.